The molecule has 0 unspecified atom stereocenters. The van der Waals surface area contributed by atoms with Gasteiger partial charge in [0, 0.05) is 5.56 Å². The average molecular weight is 238 g/mol. The van der Waals surface area contributed by atoms with E-state index in [0.29, 0.717) is 10.9 Å². The van der Waals surface area contributed by atoms with Gasteiger partial charge in [0.05, 0.1) is 10.5 Å². The van der Waals surface area contributed by atoms with Crippen LogP contribution in [0, 0.1) is 6.92 Å². The molecule has 0 bridgehead atoms. The number of aromatic amines is 1. The summed E-state index contributed by atoms with van der Waals surface area (Å²) >= 11 is 5.79. The van der Waals surface area contributed by atoms with Crippen LogP contribution >= 0.6 is 11.6 Å². The van der Waals surface area contributed by atoms with Crippen molar-refractivity contribution in [1.82, 2.24) is 4.98 Å². The van der Waals surface area contributed by atoms with Crippen LogP contribution < -0.4 is 5.56 Å². The Balaban J connectivity index is 2.98. The highest BCUT2D eigenvalue weighted by Gasteiger charge is 2.14. The van der Waals surface area contributed by atoms with Crippen LogP contribution in [0.25, 0.3) is 10.9 Å². The van der Waals surface area contributed by atoms with Crippen LogP contribution in [-0.4, -0.2) is 16.1 Å². The molecule has 0 amide bonds. The van der Waals surface area contributed by atoms with Gasteiger partial charge in [0.1, 0.15) is 5.56 Å². The molecule has 0 radical (unpaired) electrons. The summed E-state index contributed by atoms with van der Waals surface area (Å²) in [6.07, 6.45) is 0. The number of fused-ring (bicyclic) bond motifs is 1. The first-order chi connectivity index (χ1) is 7.50. The van der Waals surface area contributed by atoms with Crippen LogP contribution in [0.4, 0.5) is 0 Å². The number of benzene rings is 1. The van der Waals surface area contributed by atoms with E-state index in [-0.39, 0.29) is 21.7 Å². The molecule has 0 aliphatic carbocycles. The molecule has 0 saturated carbocycles. The molecule has 5 heteroatoms. The Morgan fingerprint density at radius 2 is 2.12 bits per heavy atom. The highest BCUT2D eigenvalue weighted by Crippen LogP contribution is 2.24. The van der Waals surface area contributed by atoms with Gasteiger partial charge in [0.2, 0.25) is 0 Å². The third-order valence-electron chi connectivity index (χ3n) is 2.37. The summed E-state index contributed by atoms with van der Waals surface area (Å²) < 4.78 is 0. The fourth-order valence-corrected chi connectivity index (χ4v) is 1.81. The Bertz CT molecular complexity index is 645. The van der Waals surface area contributed by atoms with Gasteiger partial charge in [-0.2, -0.15) is 0 Å². The van der Waals surface area contributed by atoms with Crippen LogP contribution in [0.3, 0.4) is 0 Å². The molecule has 16 heavy (non-hydrogen) atoms. The molecule has 0 aliphatic rings. The van der Waals surface area contributed by atoms with Crippen molar-refractivity contribution >= 4 is 28.5 Å². The summed E-state index contributed by atoms with van der Waals surface area (Å²) in [6, 6.07) is 4.81. The van der Waals surface area contributed by atoms with Gasteiger partial charge < -0.3 is 10.1 Å². The quantitative estimate of drug-likeness (QED) is 0.799. The van der Waals surface area contributed by atoms with Crippen LogP contribution in [0.2, 0.25) is 5.02 Å². The lowest BCUT2D eigenvalue weighted by molar-refractivity contribution is 0.0699. The van der Waals surface area contributed by atoms with Gasteiger partial charge in [0.15, 0.2) is 0 Å². The van der Waals surface area contributed by atoms with Gasteiger partial charge in [0.25, 0.3) is 5.56 Å². The van der Waals surface area contributed by atoms with E-state index in [4.69, 9.17) is 16.7 Å². The third-order valence-corrected chi connectivity index (χ3v) is 2.68. The summed E-state index contributed by atoms with van der Waals surface area (Å²) in [4.78, 5) is 25.0. The number of nitrogens with one attached hydrogen (secondary N) is 1. The summed E-state index contributed by atoms with van der Waals surface area (Å²) in [7, 11) is 0. The molecule has 82 valence electrons. The van der Waals surface area contributed by atoms with Crippen LogP contribution in [0.5, 0.6) is 0 Å². The van der Waals surface area contributed by atoms with Crippen LogP contribution in [0.15, 0.2) is 23.0 Å². The third kappa shape index (κ3) is 1.57. The topological polar surface area (TPSA) is 70.2 Å². The summed E-state index contributed by atoms with van der Waals surface area (Å²) in [5, 5.41) is 9.78. The van der Waals surface area contributed by atoms with E-state index >= 15 is 0 Å². The van der Waals surface area contributed by atoms with Gasteiger partial charge in [-0.15, -0.1) is 0 Å². The highest BCUT2D eigenvalue weighted by molar-refractivity contribution is 6.35. The monoisotopic (exact) mass is 237 g/mol. The van der Waals surface area contributed by atoms with Crippen LogP contribution in [0.1, 0.15) is 15.9 Å². The Morgan fingerprint density at radius 1 is 1.44 bits per heavy atom. The fourth-order valence-electron chi connectivity index (χ4n) is 1.57. The number of aromatic nitrogens is 1. The van der Waals surface area contributed by atoms with Crippen LogP contribution in [-0.2, 0) is 0 Å². The number of H-pyrrole nitrogens is 1. The van der Waals surface area contributed by atoms with E-state index < -0.39 is 5.97 Å². The standard InChI is InChI=1S/C11H8ClNO3/c1-5-4-6-2-3-7(12)8(11(15)16)9(6)13-10(5)14/h2-4H,1H3,(H,13,14)(H,15,16). The van der Waals surface area contributed by atoms with Crippen molar-refractivity contribution in [2.24, 2.45) is 0 Å². The SMILES string of the molecule is Cc1cc2ccc(Cl)c(C(=O)O)c2[nH]c1=O. The van der Waals surface area contributed by atoms with E-state index in [2.05, 4.69) is 4.98 Å². The van der Waals surface area contributed by atoms with Crippen molar-refractivity contribution < 1.29 is 9.90 Å². The maximum atomic E-state index is 11.4. The largest absolute Gasteiger partial charge is 0.478 e. The van der Waals surface area contributed by atoms with Crippen molar-refractivity contribution in [3.8, 4) is 0 Å². The molecule has 1 aromatic heterocycles. The second kappa shape index (κ2) is 3.64. The average Bonchev–Trinajstić information content (AvgIpc) is 2.20. The second-order valence-electron chi connectivity index (χ2n) is 3.47. The zero-order valence-electron chi connectivity index (χ0n) is 8.37. The molecular weight excluding hydrogens is 230 g/mol. The Kier molecular flexibility index (Phi) is 2.44. The minimum absolute atomic E-state index is 0.0729. The van der Waals surface area contributed by atoms with Gasteiger partial charge in [-0.1, -0.05) is 17.7 Å². The van der Waals surface area contributed by atoms with Crippen molar-refractivity contribution in [2.75, 3.05) is 0 Å². The number of aromatic carboxylic acids is 1. The van der Waals surface area contributed by atoms with E-state index in [1.165, 1.54) is 6.07 Å². The number of carboxylic acid groups (broad SMARTS) is 1. The predicted molar refractivity (Wildman–Crippen MR) is 61.3 cm³/mol. The first-order valence-electron chi connectivity index (χ1n) is 4.56. The lowest BCUT2D eigenvalue weighted by atomic mass is 10.1. The smallest absolute Gasteiger partial charge is 0.339 e. The minimum atomic E-state index is -1.16. The van der Waals surface area contributed by atoms with Crippen molar-refractivity contribution in [1.29, 1.82) is 0 Å². The number of carboxylic acids is 1. The molecule has 0 spiro atoms. The Labute approximate surface area is 95.5 Å². The van der Waals surface area contributed by atoms with E-state index in [9.17, 15) is 9.59 Å². The van der Waals surface area contributed by atoms with Gasteiger partial charge in [-0.25, -0.2) is 4.79 Å². The molecule has 1 aromatic carbocycles. The van der Waals surface area contributed by atoms with Gasteiger partial charge in [-0.3, -0.25) is 4.79 Å². The number of rotatable bonds is 1. The summed E-state index contributed by atoms with van der Waals surface area (Å²) in [6.45, 7) is 1.66. The van der Waals surface area contributed by atoms with E-state index in [0.717, 1.165) is 0 Å². The lowest BCUT2D eigenvalue weighted by Crippen LogP contribution is -2.11. The molecule has 0 atom stereocenters. The maximum absolute atomic E-state index is 11.4. The Hall–Kier alpha value is -1.81. The van der Waals surface area contributed by atoms with Gasteiger partial charge >= 0.3 is 5.97 Å². The molecule has 2 rings (SSSR count). The van der Waals surface area contributed by atoms with E-state index in [1.807, 2.05) is 0 Å². The predicted octanol–water partition coefficient (Wildman–Crippen LogP) is 2.19. The first kappa shape index (κ1) is 10.7. The zero-order valence-corrected chi connectivity index (χ0v) is 9.13. The number of pyridine rings is 1. The van der Waals surface area contributed by atoms with Crippen molar-refractivity contribution in [2.45, 2.75) is 6.92 Å². The number of hydrogen-bond donors (Lipinski definition) is 2. The van der Waals surface area contributed by atoms with E-state index in [1.54, 1.807) is 19.1 Å². The molecule has 2 N–H and O–H groups in total. The zero-order chi connectivity index (χ0) is 11.9. The highest BCUT2D eigenvalue weighted by atomic mass is 35.5. The molecule has 0 saturated heterocycles. The molecule has 2 aromatic rings. The lowest BCUT2D eigenvalue weighted by Gasteiger charge is -2.05. The number of halogens is 1. The molecular formula is C11H8ClNO3. The molecule has 4 nitrogen and oxygen atoms in total. The molecule has 1 heterocycles. The van der Waals surface area contributed by atoms with Crippen molar-refractivity contribution in [3.63, 3.8) is 0 Å². The second-order valence-corrected chi connectivity index (χ2v) is 3.88. The molecule has 0 aliphatic heterocycles. The number of aryl methyl sites for hydroxylation is 1. The normalized spacial score (nSPS) is 10.6. The van der Waals surface area contributed by atoms with Crippen molar-refractivity contribution in [3.05, 3.63) is 44.7 Å². The summed E-state index contributed by atoms with van der Waals surface area (Å²) in [5.41, 5.74) is 0.412. The van der Waals surface area contributed by atoms with Gasteiger partial charge in [-0.05, 0) is 24.4 Å². The number of hydrogen-bond acceptors (Lipinski definition) is 2. The first-order valence-corrected chi connectivity index (χ1v) is 4.94. The Morgan fingerprint density at radius 3 is 2.75 bits per heavy atom. The minimum Gasteiger partial charge on any atom is -0.478 e. The molecule has 0 fully saturated rings. The summed E-state index contributed by atoms with van der Waals surface area (Å²) in [5.74, 6) is -1.16. The maximum Gasteiger partial charge on any atom is 0.339 e. The fraction of sp³-hybridized carbons (Fsp3) is 0.0909. The number of carbonyl (C=O) groups is 1.